The molecule has 2 aromatic carbocycles. The van der Waals surface area contributed by atoms with Crippen LogP contribution in [0.3, 0.4) is 0 Å². The molecule has 3 N–H and O–H groups in total. The van der Waals surface area contributed by atoms with Crippen LogP contribution in [0.5, 0.6) is 17.2 Å². The Bertz CT molecular complexity index is 645. The highest BCUT2D eigenvalue weighted by molar-refractivity contribution is 7.50. The summed E-state index contributed by atoms with van der Waals surface area (Å²) >= 11 is 0. The summed E-state index contributed by atoms with van der Waals surface area (Å²) in [6.07, 6.45) is -1.17. The molecule has 2 aromatic rings. The lowest BCUT2D eigenvalue weighted by atomic mass is 10.2. The maximum absolute atomic E-state index is 10.9. The minimum atomic E-state index is -4.06. The summed E-state index contributed by atoms with van der Waals surface area (Å²) in [5.74, 6) is 1.67. The van der Waals surface area contributed by atoms with E-state index in [0.29, 0.717) is 22.8 Å². The zero-order valence-corrected chi connectivity index (χ0v) is 12.8. The normalized spacial score (nSPS) is 12.7. The highest BCUT2D eigenvalue weighted by atomic mass is 31.2. The predicted molar refractivity (Wildman–Crippen MR) is 81.0 cm³/mol. The summed E-state index contributed by atoms with van der Waals surface area (Å²) in [5.41, 5.74) is 0.543. The Kier molecular flexibility index (Phi) is 5.21. The SMILES string of the molecule is CC(O)Oc1ccc(Oc2ccc(CP(=O)(O)O)cc2)cc1. The zero-order valence-electron chi connectivity index (χ0n) is 11.9. The fourth-order valence-electron chi connectivity index (χ4n) is 1.82. The minimum Gasteiger partial charge on any atom is -0.465 e. The molecule has 22 heavy (non-hydrogen) atoms. The summed E-state index contributed by atoms with van der Waals surface area (Å²) in [6, 6.07) is 13.2. The standard InChI is InChI=1S/C15H17O6P/c1-11(16)20-13-6-8-15(9-7-13)21-14-4-2-12(3-5-14)10-22(17,18)19/h2-9,11,16H,10H2,1H3,(H2,17,18,19). The van der Waals surface area contributed by atoms with Crippen LogP contribution in [-0.4, -0.2) is 21.2 Å². The number of ether oxygens (including phenoxy) is 2. The Hall–Kier alpha value is -1.85. The van der Waals surface area contributed by atoms with Crippen LogP contribution in [-0.2, 0) is 10.7 Å². The van der Waals surface area contributed by atoms with Crippen molar-refractivity contribution in [2.45, 2.75) is 19.4 Å². The van der Waals surface area contributed by atoms with E-state index in [1.54, 1.807) is 48.5 Å². The van der Waals surface area contributed by atoms with Crippen molar-refractivity contribution in [2.75, 3.05) is 0 Å². The van der Waals surface area contributed by atoms with Crippen LogP contribution in [0.2, 0.25) is 0 Å². The molecule has 0 fully saturated rings. The molecule has 0 bridgehead atoms. The zero-order chi connectivity index (χ0) is 16.2. The first-order valence-corrected chi connectivity index (χ1v) is 8.38. The third-order valence-corrected chi connectivity index (χ3v) is 3.46. The monoisotopic (exact) mass is 324 g/mol. The molecule has 0 saturated heterocycles. The first-order chi connectivity index (χ1) is 10.3. The Labute approximate surface area is 128 Å². The van der Waals surface area contributed by atoms with Crippen molar-refractivity contribution in [1.29, 1.82) is 0 Å². The molecule has 118 valence electrons. The van der Waals surface area contributed by atoms with Gasteiger partial charge in [0.15, 0.2) is 6.29 Å². The van der Waals surface area contributed by atoms with Crippen molar-refractivity contribution < 1.29 is 28.9 Å². The summed E-state index contributed by atoms with van der Waals surface area (Å²) in [6.45, 7) is 1.52. The molecule has 0 aromatic heterocycles. The molecule has 0 spiro atoms. The van der Waals surface area contributed by atoms with Crippen molar-refractivity contribution in [2.24, 2.45) is 0 Å². The number of hydrogen-bond acceptors (Lipinski definition) is 4. The van der Waals surface area contributed by atoms with Gasteiger partial charge in [-0.2, -0.15) is 0 Å². The lowest BCUT2D eigenvalue weighted by Gasteiger charge is -2.10. The fraction of sp³-hybridized carbons (Fsp3) is 0.200. The average Bonchev–Trinajstić information content (AvgIpc) is 2.41. The predicted octanol–water partition coefficient (Wildman–Crippen LogP) is 2.87. The highest BCUT2D eigenvalue weighted by Crippen LogP contribution is 2.39. The average molecular weight is 324 g/mol. The van der Waals surface area contributed by atoms with Gasteiger partial charge in [-0.25, -0.2) is 0 Å². The van der Waals surface area contributed by atoms with Crippen LogP contribution < -0.4 is 9.47 Å². The molecule has 7 heteroatoms. The number of benzene rings is 2. The van der Waals surface area contributed by atoms with E-state index < -0.39 is 13.9 Å². The van der Waals surface area contributed by atoms with Crippen molar-refractivity contribution in [1.82, 2.24) is 0 Å². The third kappa shape index (κ3) is 5.50. The molecule has 6 nitrogen and oxygen atoms in total. The molecule has 2 rings (SSSR count). The maximum Gasteiger partial charge on any atom is 0.329 e. The van der Waals surface area contributed by atoms with E-state index in [9.17, 15) is 4.57 Å². The molecule has 0 aliphatic carbocycles. The molecule has 1 atom stereocenters. The lowest BCUT2D eigenvalue weighted by molar-refractivity contribution is -0.000326. The number of aliphatic hydroxyl groups is 1. The molecular formula is C15H17O6P. The Morgan fingerprint density at radius 3 is 1.86 bits per heavy atom. The van der Waals surface area contributed by atoms with Crippen molar-refractivity contribution >= 4 is 7.60 Å². The van der Waals surface area contributed by atoms with Gasteiger partial charge in [-0.05, 0) is 48.9 Å². The number of hydrogen-bond donors (Lipinski definition) is 3. The van der Waals surface area contributed by atoms with Crippen LogP contribution in [0.1, 0.15) is 12.5 Å². The topological polar surface area (TPSA) is 96.2 Å². The van der Waals surface area contributed by atoms with Crippen LogP contribution in [0.25, 0.3) is 0 Å². The molecule has 0 heterocycles. The quantitative estimate of drug-likeness (QED) is 0.558. The highest BCUT2D eigenvalue weighted by Gasteiger charge is 2.13. The largest absolute Gasteiger partial charge is 0.465 e. The lowest BCUT2D eigenvalue weighted by Crippen LogP contribution is -2.09. The summed E-state index contributed by atoms with van der Waals surface area (Å²) in [7, 11) is -4.06. The van der Waals surface area contributed by atoms with Crippen molar-refractivity contribution in [3.05, 3.63) is 54.1 Å². The van der Waals surface area contributed by atoms with Gasteiger partial charge in [0.25, 0.3) is 0 Å². The minimum absolute atomic E-state index is 0.293. The van der Waals surface area contributed by atoms with Gasteiger partial charge in [0.1, 0.15) is 17.2 Å². The third-order valence-electron chi connectivity index (χ3n) is 2.68. The number of rotatable bonds is 6. The Morgan fingerprint density at radius 1 is 0.955 bits per heavy atom. The molecule has 0 saturated carbocycles. The van der Waals surface area contributed by atoms with Gasteiger partial charge in [-0.15, -0.1) is 0 Å². The maximum atomic E-state index is 10.9. The smallest absolute Gasteiger partial charge is 0.329 e. The second kappa shape index (κ2) is 6.94. The molecular weight excluding hydrogens is 307 g/mol. The van der Waals surface area contributed by atoms with Gasteiger partial charge in [0, 0.05) is 0 Å². The van der Waals surface area contributed by atoms with Gasteiger partial charge in [-0.3, -0.25) is 4.57 Å². The Morgan fingerprint density at radius 2 is 1.41 bits per heavy atom. The van der Waals surface area contributed by atoms with Crippen LogP contribution in [0, 0.1) is 0 Å². The van der Waals surface area contributed by atoms with Crippen LogP contribution in [0.4, 0.5) is 0 Å². The summed E-state index contributed by atoms with van der Waals surface area (Å²) in [5, 5.41) is 9.11. The fourth-order valence-corrected chi connectivity index (χ4v) is 2.51. The van der Waals surface area contributed by atoms with E-state index in [2.05, 4.69) is 0 Å². The van der Waals surface area contributed by atoms with Crippen LogP contribution >= 0.6 is 7.60 Å². The van der Waals surface area contributed by atoms with Gasteiger partial charge >= 0.3 is 7.60 Å². The van der Waals surface area contributed by atoms with Gasteiger partial charge < -0.3 is 24.4 Å². The second-order valence-electron chi connectivity index (χ2n) is 4.76. The van der Waals surface area contributed by atoms with E-state index in [1.165, 1.54) is 6.92 Å². The van der Waals surface area contributed by atoms with Gasteiger partial charge in [-0.1, -0.05) is 12.1 Å². The molecule has 1 unspecified atom stereocenters. The first-order valence-electron chi connectivity index (χ1n) is 6.58. The Balaban J connectivity index is 2.00. The first kappa shape index (κ1) is 16.5. The van der Waals surface area contributed by atoms with E-state index in [0.717, 1.165) is 0 Å². The van der Waals surface area contributed by atoms with E-state index in [1.807, 2.05) is 0 Å². The second-order valence-corrected chi connectivity index (χ2v) is 6.40. The summed E-state index contributed by atoms with van der Waals surface area (Å²) < 4.78 is 21.6. The summed E-state index contributed by atoms with van der Waals surface area (Å²) in [4.78, 5) is 17.8. The molecule has 0 amide bonds. The van der Waals surface area contributed by atoms with E-state index >= 15 is 0 Å². The molecule has 0 aliphatic heterocycles. The van der Waals surface area contributed by atoms with Crippen LogP contribution in [0.15, 0.2) is 48.5 Å². The van der Waals surface area contributed by atoms with Crippen molar-refractivity contribution in [3.63, 3.8) is 0 Å². The van der Waals surface area contributed by atoms with Gasteiger partial charge in [0.05, 0.1) is 6.16 Å². The van der Waals surface area contributed by atoms with Gasteiger partial charge in [0.2, 0.25) is 0 Å². The van der Waals surface area contributed by atoms with Crippen molar-refractivity contribution in [3.8, 4) is 17.2 Å². The molecule has 0 aliphatic rings. The molecule has 0 radical (unpaired) electrons. The number of aliphatic hydroxyl groups excluding tert-OH is 1. The van der Waals surface area contributed by atoms with E-state index in [4.69, 9.17) is 24.4 Å². The van der Waals surface area contributed by atoms with E-state index in [-0.39, 0.29) is 6.16 Å².